The summed E-state index contributed by atoms with van der Waals surface area (Å²) in [5, 5.41) is 0. The molecule has 0 bridgehead atoms. The number of nitrogens with zero attached hydrogens (tertiary/aromatic N) is 1. The van der Waals surface area contributed by atoms with Crippen molar-refractivity contribution in [2.75, 3.05) is 7.11 Å². The van der Waals surface area contributed by atoms with Gasteiger partial charge in [0, 0.05) is 23.5 Å². The standard InChI is InChI=1S/C14H12N2O2/c1-17-10-4-5-11(13-3-2-8-18-13)12(9-10)14-15-6-7-16-14/h2-9H,1H3,(H,15,16). The number of furan rings is 1. The number of hydrogen-bond donors (Lipinski definition) is 1. The van der Waals surface area contributed by atoms with E-state index in [0.29, 0.717) is 0 Å². The monoisotopic (exact) mass is 240 g/mol. The van der Waals surface area contributed by atoms with E-state index in [1.54, 1.807) is 25.8 Å². The lowest BCUT2D eigenvalue weighted by atomic mass is 10.0. The summed E-state index contributed by atoms with van der Waals surface area (Å²) in [6.45, 7) is 0. The van der Waals surface area contributed by atoms with E-state index in [2.05, 4.69) is 9.97 Å². The number of benzene rings is 1. The van der Waals surface area contributed by atoms with Crippen LogP contribution in [0.15, 0.2) is 53.4 Å². The van der Waals surface area contributed by atoms with Crippen LogP contribution in [0.2, 0.25) is 0 Å². The van der Waals surface area contributed by atoms with Crippen molar-refractivity contribution in [3.63, 3.8) is 0 Å². The highest BCUT2D eigenvalue weighted by Gasteiger charge is 2.12. The van der Waals surface area contributed by atoms with Gasteiger partial charge in [-0.05, 0) is 30.3 Å². The molecule has 4 heteroatoms. The summed E-state index contributed by atoms with van der Waals surface area (Å²) in [6.07, 6.45) is 5.17. The van der Waals surface area contributed by atoms with Crippen molar-refractivity contribution in [3.05, 3.63) is 49.0 Å². The summed E-state index contributed by atoms with van der Waals surface area (Å²) in [5.41, 5.74) is 1.94. The summed E-state index contributed by atoms with van der Waals surface area (Å²) >= 11 is 0. The van der Waals surface area contributed by atoms with E-state index in [0.717, 1.165) is 28.5 Å². The highest BCUT2D eigenvalue weighted by Crippen LogP contribution is 2.33. The third-order valence-corrected chi connectivity index (χ3v) is 2.77. The van der Waals surface area contributed by atoms with E-state index in [1.807, 2.05) is 30.3 Å². The fourth-order valence-electron chi connectivity index (χ4n) is 1.91. The summed E-state index contributed by atoms with van der Waals surface area (Å²) in [4.78, 5) is 7.38. The predicted octanol–water partition coefficient (Wildman–Crippen LogP) is 3.35. The molecule has 0 atom stereocenters. The average molecular weight is 240 g/mol. The Hall–Kier alpha value is -2.49. The molecule has 0 radical (unpaired) electrons. The molecule has 0 amide bonds. The minimum atomic E-state index is 0.789. The minimum absolute atomic E-state index is 0.789. The molecule has 0 saturated heterocycles. The van der Waals surface area contributed by atoms with Gasteiger partial charge in [-0.15, -0.1) is 0 Å². The fourth-order valence-corrected chi connectivity index (χ4v) is 1.91. The molecule has 0 fully saturated rings. The second-order valence-corrected chi connectivity index (χ2v) is 3.83. The molecular formula is C14H12N2O2. The van der Waals surface area contributed by atoms with Crippen LogP contribution in [0.1, 0.15) is 0 Å². The first-order chi connectivity index (χ1) is 8.88. The topological polar surface area (TPSA) is 51.1 Å². The molecule has 0 saturated carbocycles. The van der Waals surface area contributed by atoms with Gasteiger partial charge >= 0.3 is 0 Å². The zero-order chi connectivity index (χ0) is 12.4. The Labute approximate surface area is 104 Å². The van der Waals surface area contributed by atoms with Gasteiger partial charge in [-0.2, -0.15) is 0 Å². The van der Waals surface area contributed by atoms with Crippen LogP contribution in [-0.4, -0.2) is 17.1 Å². The van der Waals surface area contributed by atoms with Gasteiger partial charge in [0.25, 0.3) is 0 Å². The number of aromatic amines is 1. The van der Waals surface area contributed by atoms with E-state index in [-0.39, 0.29) is 0 Å². The first-order valence-electron chi connectivity index (χ1n) is 5.60. The number of ether oxygens (including phenoxy) is 1. The molecule has 0 spiro atoms. The first-order valence-corrected chi connectivity index (χ1v) is 5.60. The number of rotatable bonds is 3. The number of methoxy groups -OCH3 is 1. The van der Waals surface area contributed by atoms with Crippen molar-refractivity contribution in [1.29, 1.82) is 0 Å². The highest BCUT2D eigenvalue weighted by molar-refractivity contribution is 5.79. The second kappa shape index (κ2) is 4.41. The van der Waals surface area contributed by atoms with Crippen molar-refractivity contribution >= 4 is 0 Å². The van der Waals surface area contributed by atoms with Gasteiger partial charge in [0.2, 0.25) is 0 Å². The summed E-state index contributed by atoms with van der Waals surface area (Å²) < 4.78 is 10.7. The van der Waals surface area contributed by atoms with Crippen LogP contribution in [0.25, 0.3) is 22.7 Å². The Bertz CT molecular complexity index is 628. The number of nitrogens with one attached hydrogen (secondary N) is 1. The zero-order valence-corrected chi connectivity index (χ0v) is 9.88. The predicted molar refractivity (Wildman–Crippen MR) is 68.3 cm³/mol. The van der Waals surface area contributed by atoms with Gasteiger partial charge in [0.1, 0.15) is 17.3 Å². The maximum Gasteiger partial charge on any atom is 0.138 e. The van der Waals surface area contributed by atoms with Gasteiger partial charge in [-0.25, -0.2) is 4.98 Å². The van der Waals surface area contributed by atoms with Gasteiger partial charge in [-0.1, -0.05) is 0 Å². The van der Waals surface area contributed by atoms with Crippen LogP contribution in [0.4, 0.5) is 0 Å². The van der Waals surface area contributed by atoms with E-state index >= 15 is 0 Å². The molecule has 2 aromatic heterocycles. The lowest BCUT2D eigenvalue weighted by Gasteiger charge is -2.07. The molecule has 0 aliphatic rings. The van der Waals surface area contributed by atoms with Crippen LogP contribution < -0.4 is 4.74 Å². The summed E-state index contributed by atoms with van der Waals surface area (Å²) in [5.74, 6) is 2.39. The normalized spacial score (nSPS) is 10.5. The van der Waals surface area contributed by atoms with E-state index in [9.17, 15) is 0 Å². The Morgan fingerprint density at radius 3 is 2.83 bits per heavy atom. The lowest BCUT2D eigenvalue weighted by Crippen LogP contribution is -1.89. The molecule has 0 unspecified atom stereocenters. The van der Waals surface area contributed by atoms with Gasteiger partial charge < -0.3 is 14.1 Å². The number of H-pyrrole nitrogens is 1. The quantitative estimate of drug-likeness (QED) is 0.763. The van der Waals surface area contributed by atoms with Gasteiger partial charge in [-0.3, -0.25) is 0 Å². The molecule has 1 aromatic carbocycles. The Morgan fingerprint density at radius 1 is 1.22 bits per heavy atom. The molecule has 90 valence electrons. The zero-order valence-electron chi connectivity index (χ0n) is 9.88. The average Bonchev–Trinajstić information content (AvgIpc) is 3.11. The first kappa shape index (κ1) is 10.7. The SMILES string of the molecule is COc1ccc(-c2ccco2)c(-c2ncc[nH]2)c1. The molecule has 3 rings (SSSR count). The molecule has 0 aliphatic heterocycles. The third-order valence-electron chi connectivity index (χ3n) is 2.77. The molecule has 2 heterocycles. The summed E-state index contributed by atoms with van der Waals surface area (Å²) in [6, 6.07) is 9.61. The van der Waals surface area contributed by atoms with E-state index in [4.69, 9.17) is 9.15 Å². The van der Waals surface area contributed by atoms with Crippen LogP contribution >= 0.6 is 0 Å². The Morgan fingerprint density at radius 2 is 2.17 bits per heavy atom. The van der Waals surface area contributed by atoms with Crippen LogP contribution in [-0.2, 0) is 0 Å². The molecule has 18 heavy (non-hydrogen) atoms. The second-order valence-electron chi connectivity index (χ2n) is 3.83. The highest BCUT2D eigenvalue weighted by atomic mass is 16.5. The third kappa shape index (κ3) is 1.78. The van der Waals surface area contributed by atoms with Crippen molar-refractivity contribution in [3.8, 4) is 28.5 Å². The summed E-state index contributed by atoms with van der Waals surface area (Å²) in [7, 11) is 1.65. The van der Waals surface area contributed by atoms with E-state index < -0.39 is 0 Å². The number of imidazole rings is 1. The van der Waals surface area contributed by atoms with Crippen molar-refractivity contribution in [1.82, 2.24) is 9.97 Å². The van der Waals surface area contributed by atoms with Crippen LogP contribution in [0.3, 0.4) is 0 Å². The molecule has 4 nitrogen and oxygen atoms in total. The van der Waals surface area contributed by atoms with Crippen LogP contribution in [0, 0.1) is 0 Å². The lowest BCUT2D eigenvalue weighted by molar-refractivity contribution is 0.415. The fraction of sp³-hybridized carbons (Fsp3) is 0.0714. The van der Waals surface area contributed by atoms with Crippen molar-refractivity contribution < 1.29 is 9.15 Å². The minimum Gasteiger partial charge on any atom is -0.497 e. The number of hydrogen-bond acceptors (Lipinski definition) is 3. The molecular weight excluding hydrogens is 228 g/mol. The van der Waals surface area contributed by atoms with Crippen molar-refractivity contribution in [2.45, 2.75) is 0 Å². The van der Waals surface area contributed by atoms with Gasteiger partial charge in [0.15, 0.2) is 0 Å². The van der Waals surface area contributed by atoms with Gasteiger partial charge in [0.05, 0.1) is 13.4 Å². The maximum absolute atomic E-state index is 5.45. The Balaban J connectivity index is 2.19. The Kier molecular flexibility index (Phi) is 2.61. The largest absolute Gasteiger partial charge is 0.497 e. The molecule has 1 N–H and O–H groups in total. The van der Waals surface area contributed by atoms with Crippen LogP contribution in [0.5, 0.6) is 5.75 Å². The number of aromatic nitrogens is 2. The van der Waals surface area contributed by atoms with E-state index in [1.165, 1.54) is 0 Å². The smallest absolute Gasteiger partial charge is 0.138 e. The van der Waals surface area contributed by atoms with Crippen molar-refractivity contribution in [2.24, 2.45) is 0 Å². The maximum atomic E-state index is 5.45. The molecule has 3 aromatic rings. The molecule has 0 aliphatic carbocycles.